The van der Waals surface area contributed by atoms with Crippen molar-refractivity contribution in [3.8, 4) is 5.75 Å². The van der Waals surface area contributed by atoms with Crippen molar-refractivity contribution in [2.45, 2.75) is 39.6 Å². The number of ether oxygens (including phenoxy) is 1. The molecule has 0 saturated carbocycles. The van der Waals surface area contributed by atoms with E-state index in [0.29, 0.717) is 6.54 Å². The second-order valence-electron chi connectivity index (χ2n) is 6.36. The summed E-state index contributed by atoms with van der Waals surface area (Å²) in [6.45, 7) is 8.54. The number of carbonyl (C=O) groups excluding carboxylic acids is 1. The van der Waals surface area contributed by atoms with E-state index in [1.54, 1.807) is 6.92 Å². The second-order valence-corrected chi connectivity index (χ2v) is 7.47. The standard InChI is InChI=1S/C21H27NO2S/c1-15-6-5-7-19(12-15)14-25-11-10-22-21(23)18(4)24-20-13-16(2)8-9-17(20)3/h5-9,12-13,18H,10-11,14H2,1-4H3,(H,22,23)/t18-/m1/s1. The molecule has 2 rings (SSSR count). The van der Waals surface area contributed by atoms with Gasteiger partial charge in [-0.2, -0.15) is 11.8 Å². The molecular weight excluding hydrogens is 330 g/mol. The van der Waals surface area contributed by atoms with Gasteiger partial charge in [0.25, 0.3) is 5.91 Å². The van der Waals surface area contributed by atoms with E-state index < -0.39 is 6.10 Å². The van der Waals surface area contributed by atoms with Gasteiger partial charge in [-0.3, -0.25) is 4.79 Å². The highest BCUT2D eigenvalue weighted by molar-refractivity contribution is 7.98. The molecule has 1 atom stereocenters. The van der Waals surface area contributed by atoms with Crippen molar-refractivity contribution in [3.05, 3.63) is 64.7 Å². The Morgan fingerprint density at radius 3 is 2.64 bits per heavy atom. The fourth-order valence-electron chi connectivity index (χ4n) is 2.46. The predicted octanol–water partition coefficient (Wildman–Crippen LogP) is 4.43. The van der Waals surface area contributed by atoms with Crippen LogP contribution in [0.5, 0.6) is 5.75 Å². The zero-order valence-corrected chi connectivity index (χ0v) is 16.3. The lowest BCUT2D eigenvalue weighted by atomic mass is 10.1. The normalized spacial score (nSPS) is 11.8. The Labute approximate surface area is 155 Å². The van der Waals surface area contributed by atoms with E-state index in [1.165, 1.54) is 11.1 Å². The molecule has 25 heavy (non-hydrogen) atoms. The molecule has 0 aliphatic carbocycles. The van der Waals surface area contributed by atoms with Crippen molar-refractivity contribution in [1.82, 2.24) is 5.32 Å². The van der Waals surface area contributed by atoms with Gasteiger partial charge in [-0.05, 0) is 50.5 Å². The van der Waals surface area contributed by atoms with Crippen LogP contribution in [-0.4, -0.2) is 24.3 Å². The molecule has 0 fully saturated rings. The minimum atomic E-state index is -0.498. The van der Waals surface area contributed by atoms with Gasteiger partial charge in [0.2, 0.25) is 0 Å². The molecule has 0 aliphatic heterocycles. The zero-order chi connectivity index (χ0) is 18.2. The van der Waals surface area contributed by atoms with Gasteiger partial charge in [-0.25, -0.2) is 0 Å². The third-order valence-corrected chi connectivity index (χ3v) is 4.94. The van der Waals surface area contributed by atoms with Crippen molar-refractivity contribution < 1.29 is 9.53 Å². The second kappa shape index (κ2) is 9.52. The summed E-state index contributed by atoms with van der Waals surface area (Å²) in [7, 11) is 0. The van der Waals surface area contributed by atoms with Crippen LogP contribution in [0, 0.1) is 20.8 Å². The average molecular weight is 358 g/mol. The van der Waals surface area contributed by atoms with Crippen LogP contribution in [0.25, 0.3) is 0 Å². The number of nitrogens with one attached hydrogen (secondary N) is 1. The molecule has 134 valence electrons. The van der Waals surface area contributed by atoms with E-state index in [9.17, 15) is 4.79 Å². The van der Waals surface area contributed by atoms with Crippen LogP contribution in [-0.2, 0) is 10.5 Å². The molecule has 0 aliphatic rings. The highest BCUT2D eigenvalue weighted by Crippen LogP contribution is 2.20. The van der Waals surface area contributed by atoms with Gasteiger partial charge < -0.3 is 10.1 Å². The van der Waals surface area contributed by atoms with Gasteiger partial charge in [-0.1, -0.05) is 42.0 Å². The molecule has 0 radical (unpaired) electrons. The molecule has 3 nitrogen and oxygen atoms in total. The Morgan fingerprint density at radius 1 is 1.12 bits per heavy atom. The first-order valence-electron chi connectivity index (χ1n) is 8.60. The molecular formula is C21H27NO2S. The SMILES string of the molecule is Cc1cccc(CSCCNC(=O)[C@@H](C)Oc2cc(C)ccc2C)c1. The molecule has 0 unspecified atom stereocenters. The van der Waals surface area contributed by atoms with Gasteiger partial charge in [0, 0.05) is 18.1 Å². The molecule has 2 aromatic carbocycles. The molecule has 4 heteroatoms. The lowest BCUT2D eigenvalue weighted by Gasteiger charge is -2.16. The summed E-state index contributed by atoms with van der Waals surface area (Å²) in [5, 5.41) is 2.95. The van der Waals surface area contributed by atoms with Gasteiger partial charge in [0.05, 0.1) is 0 Å². The van der Waals surface area contributed by atoms with E-state index in [-0.39, 0.29) is 5.91 Å². The molecule has 1 amide bonds. The van der Waals surface area contributed by atoms with Crippen molar-refractivity contribution in [3.63, 3.8) is 0 Å². The Morgan fingerprint density at radius 2 is 1.88 bits per heavy atom. The predicted molar refractivity (Wildman–Crippen MR) is 106 cm³/mol. The van der Waals surface area contributed by atoms with E-state index >= 15 is 0 Å². The molecule has 0 spiro atoms. The Bertz CT molecular complexity index is 715. The topological polar surface area (TPSA) is 38.3 Å². The molecule has 0 aromatic heterocycles. The lowest BCUT2D eigenvalue weighted by Crippen LogP contribution is -2.37. The van der Waals surface area contributed by atoms with Crippen LogP contribution in [0.4, 0.5) is 0 Å². The summed E-state index contributed by atoms with van der Waals surface area (Å²) in [4.78, 5) is 12.2. The fraction of sp³-hybridized carbons (Fsp3) is 0.381. The van der Waals surface area contributed by atoms with E-state index in [0.717, 1.165) is 28.4 Å². The molecule has 1 N–H and O–H groups in total. The first-order chi connectivity index (χ1) is 12.0. The molecule has 0 saturated heterocycles. The first-order valence-corrected chi connectivity index (χ1v) is 9.76. The summed E-state index contributed by atoms with van der Waals surface area (Å²) >= 11 is 1.82. The summed E-state index contributed by atoms with van der Waals surface area (Å²) in [5.41, 5.74) is 4.77. The number of hydrogen-bond acceptors (Lipinski definition) is 3. The van der Waals surface area contributed by atoms with E-state index in [4.69, 9.17) is 4.74 Å². The summed E-state index contributed by atoms with van der Waals surface area (Å²) in [6, 6.07) is 14.5. The fourth-order valence-corrected chi connectivity index (χ4v) is 3.27. The minimum Gasteiger partial charge on any atom is -0.481 e. The van der Waals surface area contributed by atoms with Gasteiger partial charge in [0.1, 0.15) is 5.75 Å². The number of rotatable bonds is 8. The van der Waals surface area contributed by atoms with Crippen molar-refractivity contribution in [1.29, 1.82) is 0 Å². The monoisotopic (exact) mass is 357 g/mol. The maximum absolute atomic E-state index is 12.2. The quantitative estimate of drug-likeness (QED) is 0.710. The maximum atomic E-state index is 12.2. The van der Waals surface area contributed by atoms with Gasteiger partial charge in [-0.15, -0.1) is 0 Å². The summed E-state index contributed by atoms with van der Waals surface area (Å²) < 4.78 is 5.81. The number of benzene rings is 2. The minimum absolute atomic E-state index is 0.0722. The van der Waals surface area contributed by atoms with Crippen LogP contribution in [0.2, 0.25) is 0 Å². The third kappa shape index (κ3) is 6.46. The number of thioether (sulfide) groups is 1. The highest BCUT2D eigenvalue weighted by Gasteiger charge is 2.15. The maximum Gasteiger partial charge on any atom is 0.260 e. The molecule has 0 bridgehead atoms. The van der Waals surface area contributed by atoms with Crippen molar-refractivity contribution in [2.24, 2.45) is 0 Å². The Kier molecular flexibility index (Phi) is 7.38. The Balaban J connectivity index is 1.70. The smallest absolute Gasteiger partial charge is 0.260 e. The summed E-state index contributed by atoms with van der Waals surface area (Å²) in [6.07, 6.45) is -0.498. The lowest BCUT2D eigenvalue weighted by molar-refractivity contribution is -0.127. The van der Waals surface area contributed by atoms with Crippen molar-refractivity contribution >= 4 is 17.7 Å². The Hall–Kier alpha value is -1.94. The van der Waals surface area contributed by atoms with Crippen LogP contribution >= 0.6 is 11.8 Å². The average Bonchev–Trinajstić information content (AvgIpc) is 2.57. The zero-order valence-electron chi connectivity index (χ0n) is 15.5. The third-order valence-electron chi connectivity index (χ3n) is 3.91. The van der Waals surface area contributed by atoms with Crippen LogP contribution < -0.4 is 10.1 Å². The van der Waals surface area contributed by atoms with Crippen molar-refractivity contribution in [2.75, 3.05) is 12.3 Å². The van der Waals surface area contributed by atoms with E-state index in [2.05, 4.69) is 36.5 Å². The first kappa shape index (κ1) is 19.4. The molecule has 0 heterocycles. The number of hydrogen-bond donors (Lipinski definition) is 1. The van der Waals surface area contributed by atoms with Crippen LogP contribution in [0.3, 0.4) is 0 Å². The van der Waals surface area contributed by atoms with Gasteiger partial charge >= 0.3 is 0 Å². The summed E-state index contributed by atoms with van der Waals surface area (Å²) in [5.74, 6) is 2.55. The molecule has 2 aromatic rings. The number of amides is 1. The number of carbonyl (C=O) groups is 1. The number of aryl methyl sites for hydroxylation is 3. The van der Waals surface area contributed by atoms with E-state index in [1.807, 2.05) is 43.8 Å². The van der Waals surface area contributed by atoms with Gasteiger partial charge in [0.15, 0.2) is 6.10 Å². The van der Waals surface area contributed by atoms with Crippen LogP contribution in [0.1, 0.15) is 29.2 Å². The highest BCUT2D eigenvalue weighted by atomic mass is 32.2. The van der Waals surface area contributed by atoms with Crippen LogP contribution in [0.15, 0.2) is 42.5 Å². The largest absolute Gasteiger partial charge is 0.481 e.